The van der Waals surface area contributed by atoms with Crippen molar-refractivity contribution in [3.8, 4) is 100 Å². The second-order valence-corrected chi connectivity index (χ2v) is 18.3. The third-order valence-electron chi connectivity index (χ3n) is 14.4. The quantitative estimate of drug-likeness (QED) is 0.152. The summed E-state index contributed by atoms with van der Waals surface area (Å²) in [7, 11) is 0. The van der Waals surface area contributed by atoms with Gasteiger partial charge in [0.1, 0.15) is 22.6 Å². The van der Waals surface area contributed by atoms with Crippen LogP contribution in [0.25, 0.3) is 122 Å². The number of rotatable bonds is 8. The topological polar surface area (TPSA) is 51.8 Å². The van der Waals surface area contributed by atoms with Gasteiger partial charge in [-0.1, -0.05) is 212 Å². The van der Waals surface area contributed by atoms with E-state index in [0.717, 1.165) is 118 Å². The highest BCUT2D eigenvalue weighted by atomic mass is 16.3. The molecule has 0 atom stereocenters. The van der Waals surface area contributed by atoms with Crippen molar-refractivity contribution in [3.05, 3.63) is 247 Å². The molecule has 2 aromatic heterocycles. The van der Waals surface area contributed by atoms with Gasteiger partial charge in [-0.05, 0) is 127 Å². The number of aromatic nitrogens is 3. The zero-order valence-electron chi connectivity index (χ0n) is 38.8. The molecule has 2 heterocycles. The maximum atomic E-state index is 6.70. The molecular weight excluding hydrogens is 851 g/mol. The van der Waals surface area contributed by atoms with Crippen molar-refractivity contribution in [1.29, 1.82) is 0 Å². The molecule has 1 aliphatic carbocycles. The van der Waals surface area contributed by atoms with E-state index >= 15 is 0 Å². The summed E-state index contributed by atoms with van der Waals surface area (Å²) in [5, 5.41) is 17.6. The van der Waals surface area contributed by atoms with Gasteiger partial charge in [0.25, 0.3) is 0 Å². The van der Waals surface area contributed by atoms with Crippen LogP contribution in [-0.4, -0.2) is 15.4 Å². The van der Waals surface area contributed by atoms with E-state index in [1.54, 1.807) is 0 Å². The maximum absolute atomic E-state index is 6.70. The Morgan fingerprint density at radius 1 is 0.357 bits per heavy atom. The van der Waals surface area contributed by atoms with Gasteiger partial charge in [0.05, 0.1) is 0 Å². The number of benzene rings is 10. The summed E-state index contributed by atoms with van der Waals surface area (Å²) in [6, 6.07) is 80.3. The number of nitrogens with zero attached hydrogens (tertiary/aromatic N) is 3. The molecule has 0 N–H and O–H groups in total. The van der Waals surface area contributed by atoms with Crippen molar-refractivity contribution in [3.63, 3.8) is 0 Å². The molecule has 4 heteroatoms. The minimum Gasteiger partial charge on any atom is -0.456 e. The molecule has 70 heavy (non-hydrogen) atoms. The fourth-order valence-corrected chi connectivity index (χ4v) is 11.1. The van der Waals surface area contributed by atoms with Crippen LogP contribution in [-0.2, 0) is 6.42 Å². The number of para-hydroxylation sites is 1. The Morgan fingerprint density at radius 2 is 0.871 bits per heavy atom. The average Bonchev–Trinajstić information content (AvgIpc) is 4.00. The zero-order chi connectivity index (χ0) is 46.7. The molecule has 1 aliphatic rings. The SMILES string of the molecule is Cc1cc2c(c(-c3nnnc(-c4c(-c5ccccc5)ccc(-c5ccccc5-c5ccccc5)c4-c4cccc5oc6ccccc6c45)c3-c3ccccc3-c3ccccc3)c1C)Cc1ccccc1-2. The zero-order valence-corrected chi connectivity index (χ0v) is 38.8. The van der Waals surface area contributed by atoms with Crippen LogP contribution >= 0.6 is 0 Å². The molecule has 0 spiro atoms. The first-order chi connectivity index (χ1) is 34.6. The first-order valence-corrected chi connectivity index (χ1v) is 24.0. The molecule has 0 aliphatic heterocycles. The molecule has 0 saturated carbocycles. The van der Waals surface area contributed by atoms with Crippen molar-refractivity contribution in [1.82, 2.24) is 15.4 Å². The van der Waals surface area contributed by atoms with Crippen LogP contribution in [0.1, 0.15) is 22.3 Å². The molecule has 330 valence electrons. The first-order valence-electron chi connectivity index (χ1n) is 24.0. The van der Waals surface area contributed by atoms with Crippen LogP contribution in [0.2, 0.25) is 0 Å². The highest BCUT2D eigenvalue weighted by molar-refractivity contribution is 6.18. The van der Waals surface area contributed by atoms with Crippen LogP contribution in [0.3, 0.4) is 0 Å². The second-order valence-electron chi connectivity index (χ2n) is 18.3. The number of fused-ring (bicyclic) bond motifs is 6. The molecular formula is C66H45N3O. The summed E-state index contributed by atoms with van der Waals surface area (Å²) in [6.07, 6.45) is 0.795. The van der Waals surface area contributed by atoms with Crippen LogP contribution < -0.4 is 0 Å². The molecule has 10 aromatic carbocycles. The van der Waals surface area contributed by atoms with E-state index in [1.165, 1.54) is 33.4 Å². The Kier molecular flexibility index (Phi) is 9.98. The fraction of sp³-hybridized carbons (Fsp3) is 0.0455. The number of hydrogen-bond donors (Lipinski definition) is 0. The van der Waals surface area contributed by atoms with Crippen LogP contribution in [0, 0.1) is 13.8 Å². The molecule has 12 aromatic rings. The third-order valence-corrected chi connectivity index (χ3v) is 14.4. The summed E-state index contributed by atoms with van der Waals surface area (Å²) in [4.78, 5) is 0. The fourth-order valence-electron chi connectivity index (χ4n) is 11.1. The van der Waals surface area contributed by atoms with E-state index < -0.39 is 0 Å². The standard InChI is InChI=1S/C66H45N3O/c1-41-39-56-49-30-13-12-27-46(49)40-57(56)60(42(41)2)65-64(52-32-17-15-29-48(52)44-23-8-4-9-24-44)66(68-69-67-65)63-50(45-25-10-5-11-26-45)37-38-53(51-31-16-14-28-47(51)43-21-6-3-7-22-43)62(63)55-34-20-36-59-61(55)54-33-18-19-35-58(54)70-59/h3-39H,40H2,1-2H3. The third kappa shape index (κ3) is 6.71. The first kappa shape index (κ1) is 41.2. The van der Waals surface area contributed by atoms with Gasteiger partial charge in [-0.2, -0.15) is 0 Å². The monoisotopic (exact) mass is 895 g/mol. The highest BCUT2D eigenvalue weighted by Crippen LogP contribution is 2.54. The van der Waals surface area contributed by atoms with Gasteiger partial charge in [0.2, 0.25) is 0 Å². The molecule has 13 rings (SSSR count). The molecule has 0 fully saturated rings. The number of hydrogen-bond acceptors (Lipinski definition) is 4. The van der Waals surface area contributed by atoms with Crippen molar-refractivity contribution >= 4 is 21.9 Å². The predicted octanol–water partition coefficient (Wildman–Crippen LogP) is 17.3. The van der Waals surface area contributed by atoms with Gasteiger partial charge < -0.3 is 4.42 Å². The van der Waals surface area contributed by atoms with Crippen LogP contribution in [0.5, 0.6) is 0 Å². The lowest BCUT2D eigenvalue weighted by molar-refractivity contribution is 0.669. The van der Waals surface area contributed by atoms with Crippen molar-refractivity contribution in [2.75, 3.05) is 0 Å². The molecule has 0 saturated heterocycles. The lowest BCUT2D eigenvalue weighted by Gasteiger charge is -2.25. The van der Waals surface area contributed by atoms with Crippen LogP contribution in [0.15, 0.2) is 229 Å². The van der Waals surface area contributed by atoms with E-state index in [4.69, 9.17) is 19.8 Å². The van der Waals surface area contributed by atoms with Crippen molar-refractivity contribution in [2.45, 2.75) is 20.3 Å². The van der Waals surface area contributed by atoms with Gasteiger partial charge in [-0.25, -0.2) is 0 Å². The Hall–Kier alpha value is -8.99. The lowest BCUT2D eigenvalue weighted by Crippen LogP contribution is -2.06. The van der Waals surface area contributed by atoms with Gasteiger partial charge in [0, 0.05) is 33.0 Å². The molecule has 0 unspecified atom stereocenters. The normalized spacial score (nSPS) is 11.8. The minimum atomic E-state index is 0.747. The Bertz CT molecular complexity index is 3990. The largest absolute Gasteiger partial charge is 0.456 e. The van der Waals surface area contributed by atoms with Gasteiger partial charge in [-0.3, -0.25) is 0 Å². The van der Waals surface area contributed by atoms with Gasteiger partial charge >= 0.3 is 0 Å². The molecule has 0 amide bonds. The highest BCUT2D eigenvalue weighted by Gasteiger charge is 2.32. The van der Waals surface area contributed by atoms with Crippen molar-refractivity contribution in [2.24, 2.45) is 0 Å². The van der Waals surface area contributed by atoms with Crippen molar-refractivity contribution < 1.29 is 4.42 Å². The minimum absolute atomic E-state index is 0.747. The van der Waals surface area contributed by atoms with E-state index in [-0.39, 0.29) is 0 Å². The Balaban J connectivity index is 1.24. The molecule has 0 bridgehead atoms. The summed E-state index contributed by atoms with van der Waals surface area (Å²) in [6.45, 7) is 4.47. The smallest absolute Gasteiger partial charge is 0.136 e. The second kappa shape index (κ2) is 17.0. The molecule has 0 radical (unpaired) electrons. The molecule has 4 nitrogen and oxygen atoms in total. The summed E-state index contributed by atoms with van der Waals surface area (Å²) in [5.41, 5.74) is 25.5. The summed E-state index contributed by atoms with van der Waals surface area (Å²) in [5.74, 6) is 0. The van der Waals surface area contributed by atoms with E-state index in [0.29, 0.717) is 0 Å². The lowest BCUT2D eigenvalue weighted by atomic mass is 9.79. The number of aryl methyl sites for hydroxylation is 1. The Labute approximate surface area is 407 Å². The average molecular weight is 896 g/mol. The van der Waals surface area contributed by atoms with E-state index in [1.807, 2.05) is 6.07 Å². The van der Waals surface area contributed by atoms with Gasteiger partial charge in [-0.15, -0.1) is 10.2 Å². The Morgan fingerprint density at radius 3 is 1.57 bits per heavy atom. The van der Waals surface area contributed by atoms with E-state index in [9.17, 15) is 0 Å². The summed E-state index contributed by atoms with van der Waals surface area (Å²) >= 11 is 0. The number of furan rings is 1. The van der Waals surface area contributed by atoms with Gasteiger partial charge in [0.15, 0.2) is 0 Å². The van der Waals surface area contributed by atoms with E-state index in [2.05, 4.69) is 232 Å². The maximum Gasteiger partial charge on any atom is 0.136 e. The predicted molar refractivity (Wildman–Crippen MR) is 288 cm³/mol. The van der Waals surface area contributed by atoms with Crippen LogP contribution in [0.4, 0.5) is 0 Å². The summed E-state index contributed by atoms with van der Waals surface area (Å²) < 4.78 is 6.70.